The van der Waals surface area contributed by atoms with Gasteiger partial charge in [-0.15, -0.1) is 0 Å². The van der Waals surface area contributed by atoms with Crippen LogP contribution in [0, 0.1) is 0 Å². The maximum atomic E-state index is 10.4. The van der Waals surface area contributed by atoms with Gasteiger partial charge in [-0.3, -0.25) is 4.79 Å². The summed E-state index contributed by atoms with van der Waals surface area (Å²) in [5, 5.41) is 2.64. The fourth-order valence-electron chi connectivity index (χ4n) is 0.343. The number of hydrogen-bond donors (Lipinski definition) is 1. The van der Waals surface area contributed by atoms with Gasteiger partial charge in [0.2, 0.25) is 5.91 Å². The highest BCUT2D eigenvalue weighted by molar-refractivity contribution is 5.86. The molecular formula is C6H13NO2. The molecule has 0 aliphatic carbocycles. The summed E-state index contributed by atoms with van der Waals surface area (Å²) in [4.78, 5) is 10.4. The molecule has 3 nitrogen and oxygen atoms in total. The molecule has 0 aliphatic heterocycles. The third-order valence-electron chi connectivity index (χ3n) is 0.616. The van der Waals surface area contributed by atoms with Crippen molar-refractivity contribution in [3.63, 3.8) is 0 Å². The second kappa shape index (κ2) is 5.31. The third kappa shape index (κ3) is 7.17. The highest BCUT2D eigenvalue weighted by Gasteiger charge is 1.93. The van der Waals surface area contributed by atoms with E-state index in [9.17, 15) is 4.79 Å². The van der Waals surface area contributed by atoms with Crippen LogP contribution in [-0.4, -0.2) is 17.4 Å². The Morgan fingerprint density at radius 3 is 2.22 bits per heavy atom. The van der Waals surface area contributed by atoms with Gasteiger partial charge in [-0.25, -0.2) is 0 Å². The van der Waals surface area contributed by atoms with E-state index in [1.165, 1.54) is 6.08 Å². The zero-order valence-electron chi connectivity index (χ0n) is 5.77. The van der Waals surface area contributed by atoms with Gasteiger partial charge >= 0.3 is 0 Å². The van der Waals surface area contributed by atoms with Crippen LogP contribution in [0.5, 0.6) is 0 Å². The number of nitrogens with one attached hydrogen (secondary N) is 1. The second-order valence-electron chi connectivity index (χ2n) is 1.87. The number of hydrogen-bond acceptors (Lipinski definition) is 1. The Balaban J connectivity index is 0. The van der Waals surface area contributed by atoms with E-state index in [4.69, 9.17) is 0 Å². The fraction of sp³-hybridized carbons (Fsp3) is 0.500. The lowest BCUT2D eigenvalue weighted by molar-refractivity contribution is -0.116. The predicted molar refractivity (Wildman–Crippen MR) is 37.1 cm³/mol. The lowest BCUT2D eigenvalue weighted by Crippen LogP contribution is -2.27. The van der Waals surface area contributed by atoms with Gasteiger partial charge in [0, 0.05) is 6.04 Å². The zero-order valence-corrected chi connectivity index (χ0v) is 5.77. The van der Waals surface area contributed by atoms with E-state index in [1.807, 2.05) is 13.8 Å². The summed E-state index contributed by atoms with van der Waals surface area (Å²) in [5.41, 5.74) is 0. The Labute approximate surface area is 55.1 Å². The summed E-state index contributed by atoms with van der Waals surface area (Å²) >= 11 is 0. The maximum absolute atomic E-state index is 10.4. The van der Waals surface area contributed by atoms with Crippen LogP contribution in [0.4, 0.5) is 0 Å². The average molecular weight is 131 g/mol. The molecule has 0 atom stereocenters. The van der Waals surface area contributed by atoms with Crippen molar-refractivity contribution in [3.05, 3.63) is 12.7 Å². The molecule has 0 saturated heterocycles. The van der Waals surface area contributed by atoms with Crippen molar-refractivity contribution in [2.45, 2.75) is 19.9 Å². The first kappa shape index (κ1) is 11.0. The molecule has 0 aromatic carbocycles. The molecule has 0 aliphatic rings. The van der Waals surface area contributed by atoms with Gasteiger partial charge < -0.3 is 10.8 Å². The Hall–Kier alpha value is -0.830. The molecular weight excluding hydrogens is 118 g/mol. The topological polar surface area (TPSA) is 60.6 Å². The van der Waals surface area contributed by atoms with Gasteiger partial charge in [0.15, 0.2) is 0 Å². The Kier molecular flexibility index (Phi) is 6.51. The van der Waals surface area contributed by atoms with Crippen molar-refractivity contribution in [1.29, 1.82) is 0 Å². The molecule has 54 valence electrons. The molecule has 0 aromatic rings. The van der Waals surface area contributed by atoms with Crippen molar-refractivity contribution >= 4 is 5.91 Å². The summed E-state index contributed by atoms with van der Waals surface area (Å²) in [7, 11) is 0. The van der Waals surface area contributed by atoms with Gasteiger partial charge in [0.05, 0.1) is 0 Å². The SMILES string of the molecule is C=CC(=O)NC(C)C.O. The smallest absolute Gasteiger partial charge is 0.243 e. The van der Waals surface area contributed by atoms with E-state index >= 15 is 0 Å². The summed E-state index contributed by atoms with van der Waals surface area (Å²) in [5.74, 6) is -0.111. The van der Waals surface area contributed by atoms with E-state index < -0.39 is 0 Å². The van der Waals surface area contributed by atoms with E-state index in [-0.39, 0.29) is 17.4 Å². The normalized spacial score (nSPS) is 7.89. The lowest BCUT2D eigenvalue weighted by Gasteiger charge is -2.02. The Bertz CT molecular complexity index is 99.2. The minimum absolute atomic E-state index is 0. The molecule has 0 heterocycles. The van der Waals surface area contributed by atoms with Gasteiger partial charge in [-0.2, -0.15) is 0 Å². The van der Waals surface area contributed by atoms with Crippen molar-refractivity contribution in [1.82, 2.24) is 5.32 Å². The van der Waals surface area contributed by atoms with Crippen molar-refractivity contribution in [3.8, 4) is 0 Å². The number of carbonyl (C=O) groups excluding carboxylic acids is 1. The molecule has 0 unspecified atom stereocenters. The van der Waals surface area contributed by atoms with Crippen LogP contribution in [-0.2, 0) is 4.79 Å². The van der Waals surface area contributed by atoms with Crippen LogP contribution < -0.4 is 5.32 Å². The quantitative estimate of drug-likeness (QED) is 0.521. The van der Waals surface area contributed by atoms with Crippen molar-refractivity contribution in [2.75, 3.05) is 0 Å². The highest BCUT2D eigenvalue weighted by Crippen LogP contribution is 1.75. The van der Waals surface area contributed by atoms with Gasteiger partial charge in [-0.05, 0) is 19.9 Å². The van der Waals surface area contributed by atoms with E-state index in [1.54, 1.807) is 0 Å². The zero-order chi connectivity index (χ0) is 6.57. The van der Waals surface area contributed by atoms with E-state index in [0.29, 0.717) is 0 Å². The molecule has 1 amide bonds. The Morgan fingerprint density at radius 2 is 2.11 bits per heavy atom. The van der Waals surface area contributed by atoms with Crippen LogP contribution in [0.3, 0.4) is 0 Å². The minimum Gasteiger partial charge on any atom is -0.412 e. The molecule has 9 heavy (non-hydrogen) atoms. The number of rotatable bonds is 2. The van der Waals surface area contributed by atoms with Gasteiger partial charge in [0.1, 0.15) is 0 Å². The molecule has 0 bridgehead atoms. The summed E-state index contributed by atoms with van der Waals surface area (Å²) in [6.07, 6.45) is 1.26. The largest absolute Gasteiger partial charge is 0.412 e. The van der Waals surface area contributed by atoms with Crippen LogP contribution in [0.25, 0.3) is 0 Å². The van der Waals surface area contributed by atoms with Crippen molar-refractivity contribution in [2.24, 2.45) is 0 Å². The maximum Gasteiger partial charge on any atom is 0.243 e. The van der Waals surface area contributed by atoms with Crippen LogP contribution in [0.1, 0.15) is 13.8 Å². The first-order chi connectivity index (χ1) is 3.66. The molecule has 0 rings (SSSR count). The molecule has 0 spiro atoms. The fourth-order valence-corrected chi connectivity index (χ4v) is 0.343. The molecule has 3 heteroatoms. The molecule has 0 radical (unpaired) electrons. The average Bonchev–Trinajstić information content (AvgIpc) is 1.65. The van der Waals surface area contributed by atoms with E-state index in [0.717, 1.165) is 0 Å². The number of amides is 1. The lowest BCUT2D eigenvalue weighted by atomic mass is 10.4. The highest BCUT2D eigenvalue weighted by atomic mass is 16.1. The molecule has 0 aromatic heterocycles. The number of carbonyl (C=O) groups is 1. The summed E-state index contributed by atoms with van der Waals surface area (Å²) in [6, 6.07) is 0.209. The first-order valence-electron chi connectivity index (χ1n) is 2.59. The van der Waals surface area contributed by atoms with Crippen LogP contribution >= 0.6 is 0 Å². The van der Waals surface area contributed by atoms with Gasteiger partial charge in [0.25, 0.3) is 0 Å². The first-order valence-corrected chi connectivity index (χ1v) is 2.59. The second-order valence-corrected chi connectivity index (χ2v) is 1.87. The summed E-state index contributed by atoms with van der Waals surface area (Å²) in [6.45, 7) is 7.11. The molecule has 3 N–H and O–H groups in total. The van der Waals surface area contributed by atoms with Crippen LogP contribution in [0.2, 0.25) is 0 Å². The molecule has 0 fully saturated rings. The molecule has 0 saturated carbocycles. The van der Waals surface area contributed by atoms with Crippen LogP contribution in [0.15, 0.2) is 12.7 Å². The van der Waals surface area contributed by atoms with E-state index in [2.05, 4.69) is 11.9 Å². The predicted octanol–water partition coefficient (Wildman–Crippen LogP) is -0.128. The standard InChI is InChI=1S/C6H11NO.H2O/c1-4-6(8)7-5(2)3;/h4-5H,1H2,2-3H3,(H,7,8);1H2. The summed E-state index contributed by atoms with van der Waals surface area (Å²) < 4.78 is 0. The van der Waals surface area contributed by atoms with Crippen molar-refractivity contribution < 1.29 is 10.3 Å². The monoisotopic (exact) mass is 131 g/mol. The third-order valence-corrected chi connectivity index (χ3v) is 0.616. The minimum atomic E-state index is -0.111. The van der Waals surface area contributed by atoms with Gasteiger partial charge in [-0.1, -0.05) is 6.58 Å². The Morgan fingerprint density at radius 1 is 1.67 bits per heavy atom.